The van der Waals surface area contributed by atoms with Crippen molar-refractivity contribution >= 4 is 56.5 Å². The highest BCUT2D eigenvalue weighted by Crippen LogP contribution is 2.31. The number of benzene rings is 2. The summed E-state index contributed by atoms with van der Waals surface area (Å²) >= 11 is 8.80. The van der Waals surface area contributed by atoms with Gasteiger partial charge in [0.1, 0.15) is 5.82 Å². The zero-order chi connectivity index (χ0) is 18.5. The van der Waals surface area contributed by atoms with Gasteiger partial charge in [0.15, 0.2) is 4.34 Å². The Kier molecular flexibility index (Phi) is 6.09. The standard InChI is InChI=1S/C18H13ClFN3OS2/c19-12-2-7-16-15(10-12)22-18(26-16)25-11-17(24)23(9-1-8-21)14-5-3-13(20)4-6-14/h2-7,10H,1,9,11H2. The molecule has 1 aromatic heterocycles. The van der Waals surface area contributed by atoms with E-state index in [9.17, 15) is 9.18 Å². The number of carbonyl (C=O) groups excluding carboxylic acids is 1. The van der Waals surface area contributed by atoms with Crippen LogP contribution in [0.25, 0.3) is 10.2 Å². The van der Waals surface area contributed by atoms with Crippen LogP contribution in [0.2, 0.25) is 5.02 Å². The lowest BCUT2D eigenvalue weighted by Gasteiger charge is -2.21. The zero-order valence-corrected chi connectivity index (χ0v) is 15.9. The third-order valence-electron chi connectivity index (χ3n) is 3.54. The lowest BCUT2D eigenvalue weighted by atomic mass is 10.2. The number of halogens is 2. The van der Waals surface area contributed by atoms with E-state index in [0.717, 1.165) is 14.6 Å². The molecule has 3 rings (SSSR count). The molecule has 1 amide bonds. The molecular weight excluding hydrogens is 393 g/mol. The van der Waals surface area contributed by atoms with E-state index in [1.54, 1.807) is 12.1 Å². The highest BCUT2D eigenvalue weighted by atomic mass is 35.5. The first-order chi connectivity index (χ1) is 12.6. The van der Waals surface area contributed by atoms with Crippen LogP contribution < -0.4 is 4.90 Å². The van der Waals surface area contributed by atoms with Crippen LogP contribution in [0.1, 0.15) is 6.42 Å². The van der Waals surface area contributed by atoms with Gasteiger partial charge < -0.3 is 4.90 Å². The molecule has 0 radical (unpaired) electrons. The summed E-state index contributed by atoms with van der Waals surface area (Å²) in [6.45, 7) is 0.261. The van der Waals surface area contributed by atoms with E-state index in [2.05, 4.69) is 4.98 Å². The van der Waals surface area contributed by atoms with Crippen LogP contribution in [0.15, 0.2) is 46.8 Å². The molecule has 1 heterocycles. The van der Waals surface area contributed by atoms with Crippen molar-refractivity contribution in [3.8, 4) is 6.07 Å². The highest BCUT2D eigenvalue weighted by molar-refractivity contribution is 8.01. The predicted octanol–water partition coefficient (Wildman–Crippen LogP) is 5.13. The number of anilines is 1. The van der Waals surface area contributed by atoms with Crippen LogP contribution >= 0.6 is 34.7 Å². The van der Waals surface area contributed by atoms with E-state index in [1.165, 1.54) is 52.3 Å². The molecule has 0 aliphatic carbocycles. The van der Waals surface area contributed by atoms with Crippen LogP contribution in [0.4, 0.5) is 10.1 Å². The molecule has 132 valence electrons. The molecule has 0 saturated heterocycles. The molecule has 0 spiro atoms. The second-order valence-electron chi connectivity index (χ2n) is 5.31. The number of fused-ring (bicyclic) bond motifs is 1. The van der Waals surface area contributed by atoms with Gasteiger partial charge >= 0.3 is 0 Å². The minimum atomic E-state index is -0.371. The summed E-state index contributed by atoms with van der Waals surface area (Å²) in [4.78, 5) is 18.6. The van der Waals surface area contributed by atoms with Gasteiger partial charge in [0.25, 0.3) is 0 Å². The summed E-state index contributed by atoms with van der Waals surface area (Å²) in [5, 5.41) is 9.45. The van der Waals surface area contributed by atoms with E-state index in [1.807, 2.05) is 12.1 Å². The second-order valence-corrected chi connectivity index (χ2v) is 8.00. The van der Waals surface area contributed by atoms with Crippen molar-refractivity contribution in [2.75, 3.05) is 17.2 Å². The van der Waals surface area contributed by atoms with Gasteiger partial charge in [0, 0.05) is 17.3 Å². The minimum Gasteiger partial charge on any atom is -0.311 e. The quantitative estimate of drug-likeness (QED) is 0.533. The number of nitriles is 1. The van der Waals surface area contributed by atoms with Crippen molar-refractivity contribution in [3.05, 3.63) is 53.3 Å². The van der Waals surface area contributed by atoms with E-state index < -0.39 is 0 Å². The first-order valence-corrected chi connectivity index (χ1v) is 9.86. The summed E-state index contributed by atoms with van der Waals surface area (Å²) in [6, 6.07) is 13.2. The Morgan fingerprint density at radius 2 is 2.08 bits per heavy atom. The van der Waals surface area contributed by atoms with Gasteiger partial charge in [-0.2, -0.15) is 5.26 Å². The molecule has 26 heavy (non-hydrogen) atoms. The number of hydrogen-bond donors (Lipinski definition) is 0. The summed E-state index contributed by atoms with van der Waals surface area (Å²) < 4.78 is 14.9. The first kappa shape index (κ1) is 18.6. The van der Waals surface area contributed by atoms with Gasteiger partial charge in [-0.05, 0) is 42.5 Å². The van der Waals surface area contributed by atoms with Crippen molar-refractivity contribution in [2.24, 2.45) is 0 Å². The fourth-order valence-electron chi connectivity index (χ4n) is 2.32. The highest BCUT2D eigenvalue weighted by Gasteiger charge is 2.17. The van der Waals surface area contributed by atoms with Crippen LogP contribution in [-0.4, -0.2) is 23.2 Å². The van der Waals surface area contributed by atoms with E-state index in [0.29, 0.717) is 10.7 Å². The van der Waals surface area contributed by atoms with Gasteiger partial charge in [-0.1, -0.05) is 23.4 Å². The maximum Gasteiger partial charge on any atom is 0.237 e. The molecule has 0 saturated carbocycles. The maximum atomic E-state index is 13.1. The number of amides is 1. The Labute approximate surface area is 163 Å². The number of aromatic nitrogens is 1. The van der Waals surface area contributed by atoms with Gasteiger partial charge in [0.05, 0.1) is 28.5 Å². The van der Waals surface area contributed by atoms with Crippen molar-refractivity contribution in [1.29, 1.82) is 5.26 Å². The smallest absolute Gasteiger partial charge is 0.237 e. The third-order valence-corrected chi connectivity index (χ3v) is 5.93. The van der Waals surface area contributed by atoms with Gasteiger partial charge in [-0.25, -0.2) is 9.37 Å². The fraction of sp³-hybridized carbons (Fsp3) is 0.167. The Bertz CT molecular complexity index is 969. The molecule has 3 aromatic rings. The van der Waals surface area contributed by atoms with Crippen LogP contribution in [0.3, 0.4) is 0 Å². The summed E-state index contributed by atoms with van der Waals surface area (Å²) in [6.07, 6.45) is 0.202. The number of thiazole rings is 1. The third kappa shape index (κ3) is 4.52. The molecule has 0 unspecified atom stereocenters. The SMILES string of the molecule is N#CCCN(C(=O)CSc1nc2cc(Cl)ccc2s1)c1ccc(F)cc1. The van der Waals surface area contributed by atoms with Crippen LogP contribution in [-0.2, 0) is 4.79 Å². The Morgan fingerprint density at radius 1 is 1.31 bits per heavy atom. The predicted molar refractivity (Wildman–Crippen MR) is 104 cm³/mol. The minimum absolute atomic E-state index is 0.158. The van der Waals surface area contributed by atoms with Crippen LogP contribution in [0, 0.1) is 17.1 Å². The average molecular weight is 406 g/mol. The van der Waals surface area contributed by atoms with Gasteiger partial charge in [0.2, 0.25) is 5.91 Å². The molecule has 0 atom stereocenters. The number of hydrogen-bond acceptors (Lipinski definition) is 5. The molecule has 0 fully saturated rings. The Balaban J connectivity index is 1.72. The van der Waals surface area contributed by atoms with Crippen molar-refractivity contribution in [2.45, 2.75) is 10.8 Å². The van der Waals surface area contributed by atoms with E-state index >= 15 is 0 Å². The second kappa shape index (κ2) is 8.49. The molecule has 0 bridgehead atoms. The van der Waals surface area contributed by atoms with E-state index in [4.69, 9.17) is 16.9 Å². The summed E-state index contributed by atoms with van der Waals surface area (Å²) in [5.41, 5.74) is 1.38. The topological polar surface area (TPSA) is 57.0 Å². The Morgan fingerprint density at radius 3 is 2.81 bits per heavy atom. The number of nitrogens with zero attached hydrogens (tertiary/aromatic N) is 3. The number of carbonyl (C=O) groups is 1. The molecule has 0 aliphatic rings. The largest absolute Gasteiger partial charge is 0.311 e. The molecule has 0 aliphatic heterocycles. The summed E-state index contributed by atoms with van der Waals surface area (Å²) in [7, 11) is 0. The number of thioether (sulfide) groups is 1. The monoisotopic (exact) mass is 405 g/mol. The van der Waals surface area contributed by atoms with Crippen molar-refractivity contribution < 1.29 is 9.18 Å². The van der Waals surface area contributed by atoms with Gasteiger partial charge in [-0.3, -0.25) is 4.79 Å². The lowest BCUT2D eigenvalue weighted by molar-refractivity contribution is -0.116. The van der Waals surface area contributed by atoms with Crippen molar-refractivity contribution in [3.63, 3.8) is 0 Å². The van der Waals surface area contributed by atoms with Crippen LogP contribution in [0.5, 0.6) is 0 Å². The average Bonchev–Trinajstić information content (AvgIpc) is 3.03. The lowest BCUT2D eigenvalue weighted by Crippen LogP contribution is -2.33. The van der Waals surface area contributed by atoms with Gasteiger partial charge in [-0.15, -0.1) is 11.3 Å². The Hall–Kier alpha value is -2.14. The molecule has 8 heteroatoms. The fourth-order valence-corrected chi connectivity index (χ4v) is 4.41. The molecule has 2 aromatic carbocycles. The molecular formula is C18H13ClFN3OS2. The zero-order valence-electron chi connectivity index (χ0n) is 13.5. The normalized spacial score (nSPS) is 10.7. The van der Waals surface area contributed by atoms with Crippen molar-refractivity contribution in [1.82, 2.24) is 4.98 Å². The maximum absolute atomic E-state index is 13.1. The van der Waals surface area contributed by atoms with E-state index in [-0.39, 0.29) is 30.4 Å². The summed E-state index contributed by atoms with van der Waals surface area (Å²) in [5.74, 6) is -0.353. The molecule has 4 nitrogen and oxygen atoms in total. The first-order valence-electron chi connectivity index (χ1n) is 7.68. The molecule has 0 N–H and O–H groups in total. The number of rotatable bonds is 6.